The number of methoxy groups -OCH3 is 1. The Bertz CT molecular complexity index is 602. The Morgan fingerprint density at radius 2 is 1.95 bits per heavy atom. The van der Waals surface area contributed by atoms with Gasteiger partial charge < -0.3 is 15.8 Å². The number of carbonyl (C=O) groups excluding carboxylic acids is 1. The molecule has 2 rings (SSSR count). The number of rotatable bonds is 4. The highest BCUT2D eigenvalue weighted by Crippen LogP contribution is 2.23. The van der Waals surface area contributed by atoms with Crippen molar-refractivity contribution in [3.63, 3.8) is 0 Å². The molecule has 20 heavy (non-hydrogen) atoms. The van der Waals surface area contributed by atoms with Crippen LogP contribution >= 0.6 is 0 Å². The van der Waals surface area contributed by atoms with Gasteiger partial charge in [0, 0.05) is 7.11 Å². The summed E-state index contributed by atoms with van der Waals surface area (Å²) >= 11 is 0. The van der Waals surface area contributed by atoms with Crippen LogP contribution < -0.4 is 11.1 Å². The molecule has 0 heterocycles. The fraction of sp³-hybridized carbons (Fsp3) is 0.133. The summed E-state index contributed by atoms with van der Waals surface area (Å²) in [7, 11) is 1.45. The molecule has 0 saturated heterocycles. The summed E-state index contributed by atoms with van der Waals surface area (Å²) in [4.78, 5) is 12.2. The van der Waals surface area contributed by atoms with E-state index in [4.69, 9.17) is 10.5 Å². The van der Waals surface area contributed by atoms with Gasteiger partial charge in [0.1, 0.15) is 5.82 Å². The zero-order chi connectivity index (χ0) is 14.5. The zero-order valence-corrected chi connectivity index (χ0v) is 11.0. The fourth-order valence-corrected chi connectivity index (χ4v) is 1.87. The van der Waals surface area contributed by atoms with Crippen LogP contribution in [0.1, 0.15) is 11.7 Å². The maximum Gasteiger partial charge on any atom is 0.258 e. The second-order valence-corrected chi connectivity index (χ2v) is 4.25. The molecule has 4 nitrogen and oxygen atoms in total. The number of ether oxygens (including phenoxy) is 1. The van der Waals surface area contributed by atoms with Crippen LogP contribution in [0, 0.1) is 5.82 Å². The van der Waals surface area contributed by atoms with Gasteiger partial charge in [0.25, 0.3) is 5.91 Å². The molecule has 2 aromatic rings. The summed E-state index contributed by atoms with van der Waals surface area (Å²) in [6, 6.07) is 12.9. The molecular weight excluding hydrogens is 259 g/mol. The molecule has 0 radical (unpaired) electrons. The number of nitrogen functional groups attached to an aromatic ring is 1. The molecule has 0 spiro atoms. The first-order valence-corrected chi connectivity index (χ1v) is 6.05. The average molecular weight is 274 g/mol. The number of hydrogen-bond acceptors (Lipinski definition) is 3. The molecule has 0 aliphatic carbocycles. The number of anilines is 2. The molecular formula is C15H15FN2O2. The van der Waals surface area contributed by atoms with Gasteiger partial charge in [-0.15, -0.1) is 0 Å². The van der Waals surface area contributed by atoms with E-state index in [2.05, 4.69) is 5.32 Å². The van der Waals surface area contributed by atoms with E-state index >= 15 is 0 Å². The summed E-state index contributed by atoms with van der Waals surface area (Å²) in [5, 5.41) is 2.63. The lowest BCUT2D eigenvalue weighted by Gasteiger charge is -2.16. The van der Waals surface area contributed by atoms with Gasteiger partial charge >= 0.3 is 0 Å². The normalized spacial score (nSPS) is 11.9. The van der Waals surface area contributed by atoms with Crippen LogP contribution in [0.25, 0.3) is 0 Å². The Hall–Kier alpha value is -2.40. The number of hydrogen-bond donors (Lipinski definition) is 2. The van der Waals surface area contributed by atoms with Crippen molar-refractivity contribution in [1.29, 1.82) is 0 Å². The van der Waals surface area contributed by atoms with Gasteiger partial charge in [-0.25, -0.2) is 4.39 Å². The molecule has 0 aliphatic rings. The molecule has 1 unspecified atom stereocenters. The van der Waals surface area contributed by atoms with Crippen molar-refractivity contribution in [2.45, 2.75) is 6.10 Å². The molecule has 0 saturated carbocycles. The van der Waals surface area contributed by atoms with Crippen molar-refractivity contribution in [1.82, 2.24) is 0 Å². The number of nitrogens with two attached hydrogens (primary N) is 1. The number of nitrogens with one attached hydrogen (secondary N) is 1. The van der Waals surface area contributed by atoms with E-state index in [9.17, 15) is 9.18 Å². The third-order valence-electron chi connectivity index (χ3n) is 2.85. The highest BCUT2D eigenvalue weighted by Gasteiger charge is 2.20. The standard InChI is InChI=1S/C15H15FN2O2/c1-20-14(10-5-3-2-4-6-10)15(19)18-13-8-7-11(16)9-12(13)17/h2-9,14H,17H2,1H3,(H,18,19). The molecule has 104 valence electrons. The highest BCUT2D eigenvalue weighted by molar-refractivity contribution is 5.97. The molecule has 2 aromatic carbocycles. The van der Waals surface area contributed by atoms with E-state index < -0.39 is 11.9 Å². The van der Waals surface area contributed by atoms with Gasteiger partial charge in [-0.05, 0) is 23.8 Å². The highest BCUT2D eigenvalue weighted by atomic mass is 19.1. The van der Waals surface area contributed by atoms with Crippen LogP contribution in [0.4, 0.5) is 15.8 Å². The Morgan fingerprint density at radius 3 is 2.55 bits per heavy atom. The topological polar surface area (TPSA) is 64.3 Å². The van der Waals surface area contributed by atoms with Crippen LogP contribution in [-0.2, 0) is 9.53 Å². The van der Waals surface area contributed by atoms with E-state index in [1.54, 1.807) is 12.1 Å². The van der Waals surface area contributed by atoms with Crippen LogP contribution in [0.15, 0.2) is 48.5 Å². The minimum Gasteiger partial charge on any atom is -0.397 e. The van der Waals surface area contributed by atoms with Crippen molar-refractivity contribution in [2.24, 2.45) is 0 Å². The van der Waals surface area contributed by atoms with E-state index in [-0.39, 0.29) is 11.6 Å². The largest absolute Gasteiger partial charge is 0.397 e. The Labute approximate surface area is 116 Å². The van der Waals surface area contributed by atoms with Gasteiger partial charge in [-0.1, -0.05) is 30.3 Å². The molecule has 0 bridgehead atoms. The molecule has 1 atom stereocenters. The predicted molar refractivity (Wildman–Crippen MR) is 75.6 cm³/mol. The molecule has 5 heteroatoms. The number of halogens is 1. The summed E-state index contributed by atoms with van der Waals surface area (Å²) < 4.78 is 18.2. The van der Waals surface area contributed by atoms with Crippen LogP contribution in [0.2, 0.25) is 0 Å². The van der Waals surface area contributed by atoms with Crippen molar-refractivity contribution in [3.8, 4) is 0 Å². The second-order valence-electron chi connectivity index (χ2n) is 4.25. The summed E-state index contributed by atoms with van der Waals surface area (Å²) in [5.74, 6) is -0.816. The summed E-state index contributed by atoms with van der Waals surface area (Å²) in [6.45, 7) is 0. The molecule has 0 fully saturated rings. The third-order valence-corrected chi connectivity index (χ3v) is 2.85. The van der Waals surface area contributed by atoms with E-state index in [1.165, 1.54) is 19.2 Å². The third kappa shape index (κ3) is 3.13. The number of benzene rings is 2. The molecule has 1 amide bonds. The van der Waals surface area contributed by atoms with Crippen molar-refractivity contribution < 1.29 is 13.9 Å². The van der Waals surface area contributed by atoms with E-state index in [1.807, 2.05) is 18.2 Å². The number of amides is 1. The lowest BCUT2D eigenvalue weighted by Crippen LogP contribution is -2.23. The predicted octanol–water partition coefficient (Wildman–Crippen LogP) is 2.73. The van der Waals surface area contributed by atoms with Crippen molar-refractivity contribution in [2.75, 3.05) is 18.2 Å². The Kier molecular flexibility index (Phi) is 4.32. The van der Waals surface area contributed by atoms with Crippen molar-refractivity contribution in [3.05, 3.63) is 59.9 Å². The minimum atomic E-state index is -0.749. The lowest BCUT2D eigenvalue weighted by molar-refractivity contribution is -0.126. The van der Waals surface area contributed by atoms with Crippen LogP contribution in [0.3, 0.4) is 0 Å². The average Bonchev–Trinajstić information content (AvgIpc) is 2.44. The molecule has 3 N–H and O–H groups in total. The monoisotopic (exact) mass is 274 g/mol. The SMILES string of the molecule is COC(C(=O)Nc1ccc(F)cc1N)c1ccccc1. The lowest BCUT2D eigenvalue weighted by atomic mass is 10.1. The van der Waals surface area contributed by atoms with Gasteiger partial charge in [0.15, 0.2) is 6.10 Å². The number of carbonyl (C=O) groups is 1. The van der Waals surface area contributed by atoms with Gasteiger partial charge in [0.2, 0.25) is 0 Å². The first-order chi connectivity index (χ1) is 9.61. The maximum atomic E-state index is 13.0. The van der Waals surface area contributed by atoms with Gasteiger partial charge in [-0.2, -0.15) is 0 Å². The first kappa shape index (κ1) is 14.0. The quantitative estimate of drug-likeness (QED) is 0.842. The molecule has 0 aliphatic heterocycles. The smallest absolute Gasteiger partial charge is 0.258 e. The van der Waals surface area contributed by atoms with Gasteiger partial charge in [0.05, 0.1) is 11.4 Å². The Balaban J connectivity index is 2.18. The maximum absolute atomic E-state index is 13.0. The van der Waals surface area contributed by atoms with Crippen molar-refractivity contribution >= 4 is 17.3 Å². The zero-order valence-electron chi connectivity index (χ0n) is 11.0. The summed E-state index contributed by atoms with van der Waals surface area (Å²) in [5.41, 5.74) is 6.91. The fourth-order valence-electron chi connectivity index (χ4n) is 1.87. The Morgan fingerprint density at radius 1 is 1.25 bits per heavy atom. The minimum absolute atomic E-state index is 0.168. The van der Waals surface area contributed by atoms with Crippen LogP contribution in [0.5, 0.6) is 0 Å². The second kappa shape index (κ2) is 6.16. The van der Waals surface area contributed by atoms with E-state index in [0.717, 1.165) is 11.6 Å². The summed E-state index contributed by atoms with van der Waals surface area (Å²) in [6.07, 6.45) is -0.749. The van der Waals surface area contributed by atoms with E-state index in [0.29, 0.717) is 5.69 Å². The van der Waals surface area contributed by atoms with Gasteiger partial charge in [-0.3, -0.25) is 4.79 Å². The molecule has 0 aromatic heterocycles. The first-order valence-electron chi connectivity index (χ1n) is 6.05. The van der Waals surface area contributed by atoms with Crippen LogP contribution in [-0.4, -0.2) is 13.0 Å².